The highest BCUT2D eigenvalue weighted by molar-refractivity contribution is 7.80. The summed E-state index contributed by atoms with van der Waals surface area (Å²) < 4.78 is 13.6. The first-order chi connectivity index (χ1) is 15.2. The van der Waals surface area contributed by atoms with E-state index in [0.29, 0.717) is 0 Å². The maximum absolute atomic E-state index is 5.95. The third-order valence-corrected chi connectivity index (χ3v) is 6.39. The summed E-state index contributed by atoms with van der Waals surface area (Å²) >= 11 is 5.80. The highest BCUT2D eigenvalue weighted by atomic mass is 32.1. The quantitative estimate of drug-likeness (QED) is 0.591. The average Bonchev–Trinajstić information content (AvgIpc) is 3.56. The lowest BCUT2D eigenvalue weighted by Gasteiger charge is -2.30. The number of hydrogen-bond donors (Lipinski definition) is 1. The van der Waals surface area contributed by atoms with Crippen molar-refractivity contribution < 1.29 is 9.47 Å². The van der Waals surface area contributed by atoms with Crippen LogP contribution >= 0.6 is 12.2 Å². The third-order valence-electron chi connectivity index (χ3n) is 6.04. The van der Waals surface area contributed by atoms with Crippen molar-refractivity contribution in [2.24, 2.45) is 0 Å². The Morgan fingerprint density at radius 3 is 2.90 bits per heavy atom. The van der Waals surface area contributed by atoms with E-state index in [1.807, 2.05) is 36.5 Å². The van der Waals surface area contributed by atoms with E-state index in [0.717, 1.165) is 53.9 Å². The summed E-state index contributed by atoms with van der Waals surface area (Å²) in [6.07, 6.45) is 6.29. The highest BCUT2D eigenvalue weighted by Crippen LogP contribution is 2.40. The second-order valence-electron chi connectivity index (χ2n) is 7.92. The highest BCUT2D eigenvalue weighted by Gasteiger charge is 2.42. The number of aromatic nitrogens is 2. The van der Waals surface area contributed by atoms with Gasteiger partial charge in [0, 0.05) is 43.0 Å². The fraction of sp³-hybridized carbons (Fsp3) is 0.333. The van der Waals surface area contributed by atoms with Gasteiger partial charge in [-0.15, -0.1) is 0 Å². The van der Waals surface area contributed by atoms with Crippen molar-refractivity contribution in [1.82, 2.24) is 19.8 Å². The molecule has 0 aliphatic carbocycles. The van der Waals surface area contributed by atoms with Crippen LogP contribution in [0.4, 0.5) is 0 Å². The van der Waals surface area contributed by atoms with Gasteiger partial charge in [0.25, 0.3) is 0 Å². The van der Waals surface area contributed by atoms with Crippen LogP contribution in [0.25, 0.3) is 5.69 Å². The number of thiocarbonyl (C=S) groups is 1. The lowest BCUT2D eigenvalue weighted by Crippen LogP contribution is -2.36. The van der Waals surface area contributed by atoms with Crippen LogP contribution in [-0.4, -0.2) is 45.9 Å². The molecule has 1 N–H and O–H groups in total. The molecule has 3 atom stereocenters. The number of pyridine rings is 1. The van der Waals surface area contributed by atoms with Gasteiger partial charge in [0.1, 0.15) is 5.75 Å². The zero-order chi connectivity index (χ0) is 21.2. The van der Waals surface area contributed by atoms with Crippen molar-refractivity contribution in [2.75, 3.05) is 20.3 Å². The van der Waals surface area contributed by atoms with Gasteiger partial charge in [0.15, 0.2) is 5.11 Å². The summed E-state index contributed by atoms with van der Waals surface area (Å²) in [5.74, 6) is 0.828. The number of nitrogens with zero attached hydrogens (tertiary/aromatic N) is 3. The van der Waals surface area contributed by atoms with Gasteiger partial charge >= 0.3 is 0 Å². The molecule has 5 rings (SSSR count). The molecule has 4 heterocycles. The van der Waals surface area contributed by atoms with E-state index in [1.165, 1.54) is 0 Å². The summed E-state index contributed by atoms with van der Waals surface area (Å²) in [6.45, 7) is 1.59. The minimum absolute atomic E-state index is 0.00667. The SMILES string of the molecule is COc1cccc(-n2cccc2[C@@H]2[C@H](c3ccccn3)NC(=S)N2C[C@H]2CCCO2)c1. The molecule has 7 heteroatoms. The Labute approximate surface area is 187 Å². The van der Waals surface area contributed by atoms with Gasteiger partial charge in [-0.05, 0) is 61.5 Å². The number of rotatable bonds is 6. The molecular formula is C24H26N4O2S. The fourth-order valence-electron chi connectivity index (χ4n) is 4.56. The van der Waals surface area contributed by atoms with Crippen molar-refractivity contribution in [3.8, 4) is 11.4 Å². The number of methoxy groups -OCH3 is 1. The fourth-order valence-corrected chi connectivity index (χ4v) is 4.88. The Hall–Kier alpha value is -2.90. The Balaban J connectivity index is 1.57. The van der Waals surface area contributed by atoms with Crippen LogP contribution in [-0.2, 0) is 4.74 Å². The van der Waals surface area contributed by atoms with Crippen LogP contribution in [0.15, 0.2) is 67.0 Å². The van der Waals surface area contributed by atoms with Gasteiger partial charge in [-0.25, -0.2) is 0 Å². The third kappa shape index (κ3) is 3.91. The molecule has 6 nitrogen and oxygen atoms in total. The van der Waals surface area contributed by atoms with E-state index in [4.69, 9.17) is 21.7 Å². The zero-order valence-corrected chi connectivity index (χ0v) is 18.3. The number of nitrogens with one attached hydrogen (secondary N) is 1. The molecule has 0 amide bonds. The predicted octanol–water partition coefficient (Wildman–Crippen LogP) is 4.03. The first-order valence-electron chi connectivity index (χ1n) is 10.7. The largest absolute Gasteiger partial charge is 0.497 e. The summed E-state index contributed by atoms with van der Waals surface area (Å²) in [5, 5.41) is 4.28. The van der Waals surface area contributed by atoms with Gasteiger partial charge in [-0.3, -0.25) is 4.98 Å². The number of hydrogen-bond acceptors (Lipinski definition) is 4. The molecule has 3 aromatic rings. The van der Waals surface area contributed by atoms with Crippen molar-refractivity contribution in [3.63, 3.8) is 0 Å². The van der Waals surface area contributed by atoms with Crippen molar-refractivity contribution >= 4 is 17.3 Å². The van der Waals surface area contributed by atoms with Crippen LogP contribution < -0.4 is 10.1 Å². The first kappa shape index (κ1) is 20.0. The van der Waals surface area contributed by atoms with Crippen LogP contribution in [0.3, 0.4) is 0 Å². The summed E-state index contributed by atoms with van der Waals surface area (Å²) in [6, 6.07) is 18.3. The van der Waals surface area contributed by atoms with Crippen LogP contribution in [0.2, 0.25) is 0 Å². The summed E-state index contributed by atoms with van der Waals surface area (Å²) in [5.41, 5.74) is 3.17. The minimum Gasteiger partial charge on any atom is -0.497 e. The molecule has 2 aliphatic heterocycles. The van der Waals surface area contributed by atoms with E-state index < -0.39 is 0 Å². The van der Waals surface area contributed by atoms with E-state index >= 15 is 0 Å². The number of ether oxygens (including phenoxy) is 2. The Bertz CT molecular complexity index is 1050. The predicted molar refractivity (Wildman–Crippen MR) is 123 cm³/mol. The maximum Gasteiger partial charge on any atom is 0.170 e. The van der Waals surface area contributed by atoms with Crippen LogP contribution in [0.5, 0.6) is 5.75 Å². The molecule has 2 fully saturated rings. The average molecular weight is 435 g/mol. The molecule has 0 spiro atoms. The van der Waals surface area contributed by atoms with Gasteiger partial charge in [0.05, 0.1) is 31.0 Å². The second-order valence-corrected chi connectivity index (χ2v) is 8.31. The maximum atomic E-state index is 5.95. The van der Waals surface area contributed by atoms with Crippen molar-refractivity contribution in [3.05, 3.63) is 78.4 Å². The van der Waals surface area contributed by atoms with Gasteiger partial charge in [-0.1, -0.05) is 12.1 Å². The second kappa shape index (κ2) is 8.69. The van der Waals surface area contributed by atoms with Gasteiger partial charge in [0.2, 0.25) is 0 Å². The molecule has 2 aromatic heterocycles. The zero-order valence-electron chi connectivity index (χ0n) is 17.5. The molecule has 0 radical (unpaired) electrons. The molecule has 31 heavy (non-hydrogen) atoms. The Kier molecular flexibility index (Phi) is 5.61. The van der Waals surface area contributed by atoms with E-state index in [-0.39, 0.29) is 18.2 Å². The van der Waals surface area contributed by atoms with Gasteiger partial charge < -0.3 is 24.3 Å². The van der Waals surface area contributed by atoms with E-state index in [9.17, 15) is 0 Å². The van der Waals surface area contributed by atoms with E-state index in [1.54, 1.807) is 7.11 Å². The Morgan fingerprint density at radius 1 is 1.19 bits per heavy atom. The normalized spacial score (nSPS) is 23.2. The molecule has 2 saturated heterocycles. The van der Waals surface area contributed by atoms with Crippen LogP contribution in [0.1, 0.15) is 36.3 Å². The molecule has 0 saturated carbocycles. The lowest BCUT2D eigenvalue weighted by molar-refractivity contribution is 0.0836. The molecule has 1 aromatic carbocycles. The monoisotopic (exact) mass is 434 g/mol. The topological polar surface area (TPSA) is 51.5 Å². The molecule has 0 bridgehead atoms. The standard InChI is InChI=1S/C24H26N4O2S/c1-29-18-8-4-7-17(15-18)27-13-5-11-21(27)23-22(20-10-2-3-12-25-20)26-24(31)28(23)16-19-9-6-14-30-19/h2-5,7-8,10-13,15,19,22-23H,6,9,14,16H2,1H3,(H,26,31)/t19-,22+,23-/m1/s1. The van der Waals surface area contributed by atoms with Gasteiger partial charge in [-0.2, -0.15) is 0 Å². The molecular weight excluding hydrogens is 408 g/mol. The number of benzene rings is 1. The van der Waals surface area contributed by atoms with E-state index in [2.05, 4.69) is 50.2 Å². The molecule has 160 valence electrons. The van der Waals surface area contributed by atoms with Crippen molar-refractivity contribution in [1.29, 1.82) is 0 Å². The molecule has 0 unspecified atom stereocenters. The molecule has 2 aliphatic rings. The summed E-state index contributed by atoms with van der Waals surface area (Å²) in [4.78, 5) is 6.92. The summed E-state index contributed by atoms with van der Waals surface area (Å²) in [7, 11) is 1.69. The Morgan fingerprint density at radius 2 is 2.13 bits per heavy atom. The lowest BCUT2D eigenvalue weighted by atomic mass is 10.0. The van der Waals surface area contributed by atoms with Crippen LogP contribution in [0, 0.1) is 0 Å². The first-order valence-corrected chi connectivity index (χ1v) is 11.1. The van der Waals surface area contributed by atoms with Crippen molar-refractivity contribution in [2.45, 2.75) is 31.0 Å². The minimum atomic E-state index is -0.0469. The smallest absolute Gasteiger partial charge is 0.170 e.